The molecule has 0 saturated carbocycles. The Bertz CT molecular complexity index is 1460. The summed E-state index contributed by atoms with van der Waals surface area (Å²) in [5.41, 5.74) is 3.25. The normalized spacial score (nSPS) is 11.4. The number of hydrogen-bond acceptors (Lipinski definition) is 5. The highest BCUT2D eigenvalue weighted by Gasteiger charge is 2.26. The topological polar surface area (TPSA) is 75.7 Å². The molecule has 0 fully saturated rings. The van der Waals surface area contributed by atoms with E-state index in [0.717, 1.165) is 27.8 Å². The SMILES string of the molecule is CCc1ccc(NC(=O)c2cc3cc(N(C)S(=O)(=O)c4cc(C)ccc4OC)ccc3s2)cc1. The number of carbonyl (C=O) groups is 1. The Labute approximate surface area is 203 Å². The van der Waals surface area contributed by atoms with Gasteiger partial charge in [0.2, 0.25) is 0 Å². The van der Waals surface area contributed by atoms with Gasteiger partial charge >= 0.3 is 0 Å². The molecule has 0 unspecified atom stereocenters. The zero-order chi connectivity index (χ0) is 24.5. The van der Waals surface area contributed by atoms with Crippen LogP contribution in [0.2, 0.25) is 0 Å². The third kappa shape index (κ3) is 4.64. The lowest BCUT2D eigenvalue weighted by atomic mass is 10.1. The van der Waals surface area contributed by atoms with Crippen molar-refractivity contribution in [1.82, 2.24) is 0 Å². The summed E-state index contributed by atoms with van der Waals surface area (Å²) >= 11 is 1.36. The molecule has 1 amide bonds. The van der Waals surface area contributed by atoms with Gasteiger partial charge in [-0.3, -0.25) is 9.10 Å². The number of aryl methyl sites for hydroxylation is 2. The number of ether oxygens (including phenoxy) is 1. The van der Waals surface area contributed by atoms with Crippen molar-refractivity contribution >= 4 is 48.7 Å². The molecule has 0 atom stereocenters. The number of sulfonamides is 1. The Morgan fingerprint density at radius 1 is 1.03 bits per heavy atom. The number of fused-ring (bicyclic) bond motifs is 1. The van der Waals surface area contributed by atoms with Crippen LogP contribution in [-0.4, -0.2) is 28.5 Å². The molecular weight excluding hydrogens is 468 g/mol. The quantitative estimate of drug-likeness (QED) is 0.349. The van der Waals surface area contributed by atoms with E-state index in [1.165, 1.54) is 35.4 Å². The molecular formula is C26H26N2O4S2. The van der Waals surface area contributed by atoms with E-state index in [0.29, 0.717) is 16.3 Å². The lowest BCUT2D eigenvalue weighted by Gasteiger charge is -2.21. The first-order chi connectivity index (χ1) is 16.2. The molecule has 8 heteroatoms. The predicted molar refractivity (Wildman–Crippen MR) is 139 cm³/mol. The molecule has 4 aromatic rings. The van der Waals surface area contributed by atoms with E-state index in [1.807, 2.05) is 37.3 Å². The van der Waals surface area contributed by atoms with Gasteiger partial charge in [0.1, 0.15) is 10.6 Å². The predicted octanol–water partition coefficient (Wildman–Crippen LogP) is 5.86. The van der Waals surface area contributed by atoms with E-state index in [9.17, 15) is 13.2 Å². The van der Waals surface area contributed by atoms with E-state index in [1.54, 1.807) is 36.4 Å². The van der Waals surface area contributed by atoms with Gasteiger partial charge in [0.05, 0.1) is 17.7 Å². The second-order valence-corrected chi connectivity index (χ2v) is 11.0. The third-order valence-corrected chi connectivity index (χ3v) is 8.59. The number of rotatable bonds is 7. The number of nitrogens with zero attached hydrogens (tertiary/aromatic N) is 1. The summed E-state index contributed by atoms with van der Waals surface area (Å²) in [7, 11) is -0.887. The standard InChI is InChI=1S/C26H26N2O4S2/c1-5-18-7-9-20(10-8-18)27-26(29)24-16-19-15-21(11-13-23(19)33-24)28(3)34(30,31)25-14-17(2)6-12-22(25)32-4/h6-16H,5H2,1-4H3,(H,27,29). The molecule has 0 radical (unpaired) electrons. The number of hydrogen-bond donors (Lipinski definition) is 1. The molecule has 3 aromatic carbocycles. The maximum atomic E-state index is 13.3. The highest BCUT2D eigenvalue weighted by atomic mass is 32.2. The van der Waals surface area contributed by atoms with Crippen molar-refractivity contribution in [1.29, 1.82) is 0 Å². The van der Waals surface area contributed by atoms with Crippen LogP contribution >= 0.6 is 11.3 Å². The third-order valence-electron chi connectivity index (χ3n) is 5.66. The van der Waals surface area contributed by atoms with Gasteiger partial charge in [-0.15, -0.1) is 11.3 Å². The number of nitrogens with one attached hydrogen (secondary N) is 1. The van der Waals surface area contributed by atoms with Crippen molar-refractivity contribution in [3.8, 4) is 5.75 Å². The molecule has 6 nitrogen and oxygen atoms in total. The van der Waals surface area contributed by atoms with Crippen LogP contribution in [0.1, 0.15) is 27.7 Å². The zero-order valence-electron chi connectivity index (χ0n) is 19.5. The summed E-state index contributed by atoms with van der Waals surface area (Å²) in [4.78, 5) is 13.4. The number of carbonyl (C=O) groups excluding carboxylic acids is 1. The Kier molecular flexibility index (Phi) is 6.63. The molecule has 1 heterocycles. The maximum Gasteiger partial charge on any atom is 0.267 e. The highest BCUT2D eigenvalue weighted by Crippen LogP contribution is 2.34. The fourth-order valence-corrected chi connectivity index (χ4v) is 5.99. The number of benzene rings is 3. The summed E-state index contributed by atoms with van der Waals surface area (Å²) in [6.07, 6.45) is 0.938. The van der Waals surface area contributed by atoms with Crippen molar-refractivity contribution in [3.05, 3.63) is 82.7 Å². The minimum atomic E-state index is -3.85. The van der Waals surface area contributed by atoms with Crippen molar-refractivity contribution in [2.75, 3.05) is 23.8 Å². The second kappa shape index (κ2) is 9.48. The van der Waals surface area contributed by atoms with Gasteiger partial charge in [0.25, 0.3) is 15.9 Å². The van der Waals surface area contributed by atoms with E-state index in [-0.39, 0.29) is 10.8 Å². The van der Waals surface area contributed by atoms with Crippen LogP contribution in [0.5, 0.6) is 5.75 Å². The van der Waals surface area contributed by atoms with E-state index in [4.69, 9.17) is 4.74 Å². The van der Waals surface area contributed by atoms with Crippen LogP contribution in [0.3, 0.4) is 0 Å². The van der Waals surface area contributed by atoms with Gasteiger partial charge in [0, 0.05) is 17.4 Å². The Balaban J connectivity index is 1.61. The van der Waals surface area contributed by atoms with Crippen LogP contribution in [0, 0.1) is 6.92 Å². The van der Waals surface area contributed by atoms with Crippen LogP contribution < -0.4 is 14.4 Å². The van der Waals surface area contributed by atoms with Gasteiger partial charge in [-0.2, -0.15) is 0 Å². The van der Waals surface area contributed by atoms with Crippen LogP contribution in [0.4, 0.5) is 11.4 Å². The van der Waals surface area contributed by atoms with Gasteiger partial charge in [0.15, 0.2) is 0 Å². The molecule has 0 aliphatic carbocycles. The van der Waals surface area contributed by atoms with Crippen molar-refractivity contribution in [2.45, 2.75) is 25.2 Å². The summed E-state index contributed by atoms with van der Waals surface area (Å²) in [6, 6.07) is 20.0. The van der Waals surface area contributed by atoms with Crippen LogP contribution in [0.15, 0.2) is 71.6 Å². The van der Waals surface area contributed by atoms with Gasteiger partial charge in [-0.25, -0.2) is 8.42 Å². The number of amides is 1. The van der Waals surface area contributed by atoms with E-state index in [2.05, 4.69) is 12.2 Å². The first kappa shape index (κ1) is 23.8. The molecule has 176 valence electrons. The van der Waals surface area contributed by atoms with Gasteiger partial charge in [-0.05, 0) is 78.4 Å². The summed E-state index contributed by atoms with van der Waals surface area (Å²) in [6.45, 7) is 3.92. The molecule has 0 aliphatic rings. The number of thiophene rings is 1. The van der Waals surface area contributed by atoms with Crippen molar-refractivity contribution in [2.24, 2.45) is 0 Å². The molecule has 1 N–H and O–H groups in total. The average molecular weight is 495 g/mol. The summed E-state index contributed by atoms with van der Waals surface area (Å²) in [5, 5.41) is 3.72. The molecule has 0 spiro atoms. The molecule has 0 saturated heterocycles. The lowest BCUT2D eigenvalue weighted by Crippen LogP contribution is -2.27. The fraction of sp³-hybridized carbons (Fsp3) is 0.192. The van der Waals surface area contributed by atoms with Crippen LogP contribution in [-0.2, 0) is 16.4 Å². The zero-order valence-corrected chi connectivity index (χ0v) is 21.1. The highest BCUT2D eigenvalue weighted by molar-refractivity contribution is 7.93. The minimum absolute atomic E-state index is 0.108. The minimum Gasteiger partial charge on any atom is -0.495 e. The number of methoxy groups -OCH3 is 1. The summed E-state index contributed by atoms with van der Waals surface area (Å²) in [5.74, 6) is 0.0949. The molecule has 4 rings (SSSR count). The Morgan fingerprint density at radius 3 is 2.44 bits per heavy atom. The monoisotopic (exact) mass is 494 g/mol. The molecule has 1 aromatic heterocycles. The number of anilines is 2. The average Bonchev–Trinajstić information content (AvgIpc) is 3.27. The first-order valence-corrected chi connectivity index (χ1v) is 13.1. The lowest BCUT2D eigenvalue weighted by molar-refractivity contribution is 0.103. The maximum absolute atomic E-state index is 13.3. The van der Waals surface area contributed by atoms with E-state index >= 15 is 0 Å². The first-order valence-electron chi connectivity index (χ1n) is 10.8. The molecule has 0 bridgehead atoms. The van der Waals surface area contributed by atoms with E-state index < -0.39 is 10.0 Å². The van der Waals surface area contributed by atoms with Crippen LogP contribution in [0.25, 0.3) is 10.1 Å². The Hall–Kier alpha value is -3.36. The summed E-state index contributed by atoms with van der Waals surface area (Å²) < 4.78 is 34.1. The Morgan fingerprint density at radius 2 is 1.76 bits per heavy atom. The van der Waals surface area contributed by atoms with Gasteiger partial charge in [-0.1, -0.05) is 25.1 Å². The largest absolute Gasteiger partial charge is 0.495 e. The van der Waals surface area contributed by atoms with Crippen molar-refractivity contribution < 1.29 is 17.9 Å². The second-order valence-electron chi connectivity index (χ2n) is 7.96. The van der Waals surface area contributed by atoms with Gasteiger partial charge < -0.3 is 10.1 Å². The fourth-order valence-electron chi connectivity index (χ4n) is 3.63. The molecule has 34 heavy (non-hydrogen) atoms. The smallest absolute Gasteiger partial charge is 0.267 e. The molecule has 0 aliphatic heterocycles. The van der Waals surface area contributed by atoms with Crippen molar-refractivity contribution in [3.63, 3.8) is 0 Å².